The smallest absolute Gasteiger partial charge is 0.276 e. The lowest BCUT2D eigenvalue weighted by Crippen LogP contribution is -2.34. The minimum absolute atomic E-state index is 0. The highest BCUT2D eigenvalue weighted by atomic mass is 35.5. The topological polar surface area (TPSA) is 86.6 Å². The van der Waals surface area contributed by atoms with E-state index in [2.05, 4.69) is 9.88 Å². The molecule has 9 heteroatoms. The van der Waals surface area contributed by atoms with E-state index in [4.69, 9.17) is 4.42 Å². The zero-order valence-corrected chi connectivity index (χ0v) is 17.5. The van der Waals surface area contributed by atoms with Crippen molar-refractivity contribution >= 4 is 22.4 Å². The number of aryl methyl sites for hydroxylation is 2. The molecule has 1 fully saturated rings. The van der Waals surface area contributed by atoms with Crippen molar-refractivity contribution in [3.63, 3.8) is 0 Å². The Morgan fingerprint density at radius 2 is 1.93 bits per heavy atom. The van der Waals surface area contributed by atoms with Crippen LogP contribution in [-0.4, -0.2) is 55.8 Å². The third-order valence-electron chi connectivity index (χ3n) is 4.82. The minimum Gasteiger partial charge on any atom is -0.443 e. The van der Waals surface area contributed by atoms with E-state index in [1.54, 1.807) is 19.1 Å². The third-order valence-corrected chi connectivity index (χ3v) is 6.59. The van der Waals surface area contributed by atoms with Crippen LogP contribution in [0.1, 0.15) is 24.6 Å². The predicted molar refractivity (Wildman–Crippen MR) is 107 cm³/mol. The number of likely N-dealkylation sites (N-methyl/N-ethyl adjacent to an activating group) is 1. The van der Waals surface area contributed by atoms with Gasteiger partial charge in [0.25, 0.3) is 15.6 Å². The molecule has 3 rings (SSSR count). The molecule has 0 aliphatic carbocycles. The first-order valence-electron chi connectivity index (χ1n) is 8.84. The second kappa shape index (κ2) is 8.60. The van der Waals surface area contributed by atoms with E-state index in [-0.39, 0.29) is 23.1 Å². The molecule has 0 unspecified atom stereocenters. The Kier molecular flexibility index (Phi) is 6.91. The minimum atomic E-state index is -3.66. The first-order chi connectivity index (χ1) is 12.3. The second-order valence-electron chi connectivity index (χ2n) is 6.70. The van der Waals surface area contributed by atoms with Gasteiger partial charge in [-0.2, -0.15) is 4.31 Å². The van der Waals surface area contributed by atoms with Gasteiger partial charge in [0.05, 0.1) is 0 Å². The molecule has 7 nitrogen and oxygen atoms in total. The van der Waals surface area contributed by atoms with Crippen LogP contribution in [0.2, 0.25) is 0 Å². The van der Waals surface area contributed by atoms with Gasteiger partial charge in [0.1, 0.15) is 5.76 Å². The summed E-state index contributed by atoms with van der Waals surface area (Å²) < 4.78 is 33.0. The highest BCUT2D eigenvalue weighted by Gasteiger charge is 2.29. The summed E-state index contributed by atoms with van der Waals surface area (Å²) in [5.41, 5.74) is 1.88. The van der Waals surface area contributed by atoms with E-state index in [9.17, 15) is 13.2 Å². The average Bonchev–Trinajstić information content (AvgIpc) is 2.98. The van der Waals surface area contributed by atoms with Crippen LogP contribution in [0.4, 0.5) is 0 Å². The van der Waals surface area contributed by atoms with E-state index in [1.165, 1.54) is 10.4 Å². The van der Waals surface area contributed by atoms with Gasteiger partial charge in [0, 0.05) is 36.5 Å². The van der Waals surface area contributed by atoms with E-state index < -0.39 is 10.0 Å². The van der Waals surface area contributed by atoms with Crippen molar-refractivity contribution in [3.8, 4) is 11.3 Å². The van der Waals surface area contributed by atoms with Crippen molar-refractivity contribution in [2.75, 3.05) is 33.2 Å². The number of hydrogen-bond donors (Lipinski definition) is 1. The van der Waals surface area contributed by atoms with Crippen LogP contribution in [0.3, 0.4) is 0 Å². The average molecular weight is 416 g/mol. The number of aromatic nitrogens is 1. The van der Waals surface area contributed by atoms with Crippen molar-refractivity contribution in [3.05, 3.63) is 39.8 Å². The van der Waals surface area contributed by atoms with Crippen molar-refractivity contribution in [2.45, 2.75) is 31.8 Å². The molecule has 0 atom stereocenters. The molecular formula is C18H26ClN3O4S. The van der Waals surface area contributed by atoms with Crippen LogP contribution in [0.15, 0.2) is 32.5 Å². The molecule has 1 aliphatic heterocycles. The van der Waals surface area contributed by atoms with Crippen LogP contribution in [0.5, 0.6) is 0 Å². The zero-order chi connectivity index (χ0) is 18.9. The second-order valence-corrected chi connectivity index (χ2v) is 8.56. The number of halogens is 1. The van der Waals surface area contributed by atoms with Crippen molar-refractivity contribution in [1.29, 1.82) is 0 Å². The molecule has 27 heavy (non-hydrogen) atoms. The standard InChI is InChI=1S/C18H25N3O4S.ClH/c1-4-14-12-15(13(2)19-18(14)22)16-6-7-17(25-16)26(23,24)21-9-5-8-20(3)10-11-21;/h6-7,12H,4-5,8-11H2,1-3H3,(H,19,22);1H. The van der Waals surface area contributed by atoms with Gasteiger partial charge in [-0.25, -0.2) is 8.42 Å². The fourth-order valence-electron chi connectivity index (χ4n) is 3.18. The Balaban J connectivity index is 0.00000261. The maximum Gasteiger partial charge on any atom is 0.276 e. The van der Waals surface area contributed by atoms with Gasteiger partial charge in [0.2, 0.25) is 5.09 Å². The molecule has 0 radical (unpaired) electrons. The summed E-state index contributed by atoms with van der Waals surface area (Å²) in [6.45, 7) is 6.19. The van der Waals surface area contributed by atoms with Gasteiger partial charge in [0.15, 0.2) is 0 Å². The third kappa shape index (κ3) is 4.45. The number of H-pyrrole nitrogens is 1. The molecule has 2 aromatic rings. The van der Waals surface area contributed by atoms with Crippen molar-refractivity contribution < 1.29 is 12.8 Å². The summed E-state index contributed by atoms with van der Waals surface area (Å²) in [6, 6.07) is 4.91. The van der Waals surface area contributed by atoms with Crippen LogP contribution < -0.4 is 5.56 Å². The first-order valence-corrected chi connectivity index (χ1v) is 10.3. The fourth-order valence-corrected chi connectivity index (χ4v) is 4.56. The molecule has 0 saturated carbocycles. The maximum absolute atomic E-state index is 12.9. The Labute approximate surface area is 165 Å². The molecule has 0 spiro atoms. The molecule has 0 amide bonds. The number of nitrogens with one attached hydrogen (secondary N) is 1. The molecule has 1 N–H and O–H groups in total. The molecule has 1 aliphatic rings. The Morgan fingerprint density at radius 3 is 2.63 bits per heavy atom. The van der Waals surface area contributed by atoms with Gasteiger partial charge in [-0.3, -0.25) is 4.79 Å². The van der Waals surface area contributed by atoms with Gasteiger partial charge in [-0.1, -0.05) is 6.92 Å². The monoisotopic (exact) mass is 415 g/mol. The molecule has 0 aromatic carbocycles. The predicted octanol–water partition coefficient (Wildman–Crippen LogP) is 2.25. The summed E-state index contributed by atoms with van der Waals surface area (Å²) in [6.07, 6.45) is 1.39. The number of nitrogens with zero attached hydrogens (tertiary/aromatic N) is 2. The highest BCUT2D eigenvalue weighted by molar-refractivity contribution is 7.89. The summed E-state index contributed by atoms with van der Waals surface area (Å²) in [5, 5.41) is -0.0549. The van der Waals surface area contributed by atoms with Crippen molar-refractivity contribution in [2.24, 2.45) is 0 Å². The Bertz CT molecular complexity index is 952. The van der Waals surface area contributed by atoms with Crippen LogP contribution in [0, 0.1) is 6.92 Å². The van der Waals surface area contributed by atoms with Crippen LogP contribution >= 0.6 is 12.4 Å². The zero-order valence-electron chi connectivity index (χ0n) is 15.8. The highest BCUT2D eigenvalue weighted by Crippen LogP contribution is 2.28. The summed E-state index contributed by atoms with van der Waals surface area (Å²) in [7, 11) is -1.67. The van der Waals surface area contributed by atoms with Gasteiger partial charge < -0.3 is 14.3 Å². The lowest BCUT2D eigenvalue weighted by atomic mass is 10.1. The molecule has 150 valence electrons. The molecule has 1 saturated heterocycles. The molecule has 0 bridgehead atoms. The SMILES string of the molecule is CCc1cc(-c2ccc(S(=O)(=O)N3CCCN(C)CC3)o2)c(C)[nH]c1=O.Cl. The number of aromatic amines is 1. The summed E-state index contributed by atoms with van der Waals surface area (Å²) in [5.74, 6) is 0.443. The van der Waals surface area contributed by atoms with E-state index in [0.717, 1.165) is 13.0 Å². The lowest BCUT2D eigenvalue weighted by molar-refractivity contribution is 0.343. The summed E-state index contributed by atoms with van der Waals surface area (Å²) in [4.78, 5) is 16.8. The van der Waals surface area contributed by atoms with Crippen LogP contribution in [-0.2, 0) is 16.4 Å². The summed E-state index contributed by atoms with van der Waals surface area (Å²) >= 11 is 0. The number of sulfonamides is 1. The quantitative estimate of drug-likeness (QED) is 0.827. The lowest BCUT2D eigenvalue weighted by Gasteiger charge is -2.18. The Morgan fingerprint density at radius 1 is 1.19 bits per heavy atom. The van der Waals surface area contributed by atoms with Crippen LogP contribution in [0.25, 0.3) is 11.3 Å². The van der Waals surface area contributed by atoms with Gasteiger partial charge in [-0.15, -0.1) is 12.4 Å². The number of rotatable bonds is 4. The number of furan rings is 1. The number of hydrogen-bond acceptors (Lipinski definition) is 5. The molecule has 2 aromatic heterocycles. The van der Waals surface area contributed by atoms with E-state index in [0.29, 0.717) is 48.6 Å². The molecular weight excluding hydrogens is 390 g/mol. The van der Waals surface area contributed by atoms with E-state index in [1.807, 2.05) is 14.0 Å². The Hall–Kier alpha value is -1.61. The first kappa shape index (κ1) is 21.7. The largest absolute Gasteiger partial charge is 0.443 e. The van der Waals surface area contributed by atoms with Crippen molar-refractivity contribution in [1.82, 2.24) is 14.2 Å². The number of pyridine rings is 1. The van der Waals surface area contributed by atoms with Gasteiger partial charge >= 0.3 is 0 Å². The van der Waals surface area contributed by atoms with E-state index >= 15 is 0 Å². The molecule has 3 heterocycles. The maximum atomic E-state index is 12.9. The fraction of sp³-hybridized carbons (Fsp3) is 0.500. The van der Waals surface area contributed by atoms with Gasteiger partial charge in [-0.05, 0) is 51.6 Å². The normalized spacial score (nSPS) is 16.7.